The fraction of sp³-hybridized carbons (Fsp3) is 0.381. The maximum atomic E-state index is 13.0. The van der Waals surface area contributed by atoms with E-state index in [1.54, 1.807) is 24.6 Å². The zero-order valence-corrected chi connectivity index (χ0v) is 17.3. The topological polar surface area (TPSA) is 87.3 Å². The number of amides is 2. The number of nitrogens with one attached hydrogen (secondary N) is 2. The van der Waals surface area contributed by atoms with E-state index in [9.17, 15) is 9.59 Å². The number of rotatable bonds is 5. The molecule has 0 bridgehead atoms. The molecule has 8 heteroatoms. The second-order valence-electron chi connectivity index (χ2n) is 7.28. The van der Waals surface area contributed by atoms with Crippen molar-refractivity contribution < 1.29 is 14.3 Å². The highest BCUT2D eigenvalue weighted by atomic mass is 32.1. The molecule has 1 atom stereocenters. The molecule has 1 aliphatic rings. The molecule has 1 unspecified atom stereocenters. The van der Waals surface area contributed by atoms with E-state index in [0.717, 1.165) is 34.5 Å². The zero-order chi connectivity index (χ0) is 20.4. The average Bonchev–Trinajstić information content (AvgIpc) is 3.41. The molecule has 0 radical (unpaired) electrons. The third-order valence-corrected chi connectivity index (χ3v) is 6.31. The van der Waals surface area contributed by atoms with Gasteiger partial charge in [0.15, 0.2) is 0 Å². The van der Waals surface area contributed by atoms with Crippen molar-refractivity contribution in [3.63, 3.8) is 0 Å². The van der Waals surface area contributed by atoms with E-state index in [4.69, 9.17) is 4.74 Å². The highest BCUT2D eigenvalue weighted by Crippen LogP contribution is 2.33. The van der Waals surface area contributed by atoms with Gasteiger partial charge in [-0.05, 0) is 37.0 Å². The predicted octanol–water partition coefficient (Wildman–Crippen LogP) is 3.36. The number of hydrogen-bond acceptors (Lipinski definition) is 5. The average molecular weight is 413 g/mol. The van der Waals surface area contributed by atoms with Crippen LogP contribution in [0.5, 0.6) is 5.75 Å². The Morgan fingerprint density at radius 2 is 2.14 bits per heavy atom. The second-order valence-corrected chi connectivity index (χ2v) is 8.21. The van der Waals surface area contributed by atoms with Gasteiger partial charge >= 0.3 is 0 Å². The van der Waals surface area contributed by atoms with E-state index < -0.39 is 0 Å². The molecule has 29 heavy (non-hydrogen) atoms. The number of thiazole rings is 1. The van der Waals surface area contributed by atoms with Crippen molar-refractivity contribution in [3.8, 4) is 5.75 Å². The minimum absolute atomic E-state index is 0.00738. The zero-order valence-electron chi connectivity index (χ0n) is 16.5. The van der Waals surface area contributed by atoms with Gasteiger partial charge in [-0.2, -0.15) is 0 Å². The van der Waals surface area contributed by atoms with Gasteiger partial charge < -0.3 is 19.9 Å². The predicted molar refractivity (Wildman–Crippen MR) is 112 cm³/mol. The molecular weight excluding hydrogens is 388 g/mol. The van der Waals surface area contributed by atoms with Gasteiger partial charge in [0, 0.05) is 42.5 Å². The molecule has 2 aromatic heterocycles. The highest BCUT2D eigenvalue weighted by molar-refractivity contribution is 7.09. The van der Waals surface area contributed by atoms with Crippen LogP contribution >= 0.6 is 11.3 Å². The molecule has 4 rings (SSSR count). The lowest BCUT2D eigenvalue weighted by atomic mass is 9.89. The first kappa shape index (κ1) is 19.4. The van der Waals surface area contributed by atoms with Crippen molar-refractivity contribution >= 4 is 34.1 Å². The molecule has 0 saturated carbocycles. The third-order valence-electron chi connectivity index (χ3n) is 5.45. The van der Waals surface area contributed by atoms with Crippen molar-refractivity contribution in [1.29, 1.82) is 0 Å². The lowest BCUT2D eigenvalue weighted by Gasteiger charge is -2.35. The van der Waals surface area contributed by atoms with Gasteiger partial charge in [0.2, 0.25) is 5.91 Å². The van der Waals surface area contributed by atoms with Crippen LogP contribution in [0.2, 0.25) is 0 Å². The number of benzene rings is 1. The van der Waals surface area contributed by atoms with Crippen LogP contribution in [-0.4, -0.2) is 46.9 Å². The Morgan fingerprint density at radius 3 is 2.79 bits per heavy atom. The van der Waals surface area contributed by atoms with E-state index in [-0.39, 0.29) is 23.8 Å². The van der Waals surface area contributed by atoms with E-state index in [1.165, 1.54) is 6.92 Å². The van der Waals surface area contributed by atoms with E-state index in [2.05, 4.69) is 15.3 Å². The normalized spacial score (nSPS) is 16.0. The molecular formula is C21H24N4O3S. The summed E-state index contributed by atoms with van der Waals surface area (Å²) in [5.41, 5.74) is 1.46. The number of piperidine rings is 1. The minimum Gasteiger partial charge on any atom is -0.496 e. The summed E-state index contributed by atoms with van der Waals surface area (Å²) in [6, 6.07) is 7.49. The van der Waals surface area contributed by atoms with E-state index in [0.29, 0.717) is 18.8 Å². The van der Waals surface area contributed by atoms with E-state index in [1.807, 2.05) is 34.5 Å². The Balaban J connectivity index is 1.46. The summed E-state index contributed by atoms with van der Waals surface area (Å²) < 4.78 is 5.39. The molecule has 1 fully saturated rings. The van der Waals surface area contributed by atoms with Crippen molar-refractivity contribution in [3.05, 3.63) is 46.5 Å². The number of carbonyl (C=O) groups excluding carboxylic acids is 2. The maximum Gasteiger partial charge on any atom is 0.270 e. The van der Waals surface area contributed by atoms with E-state index >= 15 is 0 Å². The number of nitrogens with zero attached hydrogens (tertiary/aromatic N) is 2. The van der Waals surface area contributed by atoms with Gasteiger partial charge in [0.1, 0.15) is 16.5 Å². The summed E-state index contributed by atoms with van der Waals surface area (Å²) in [5.74, 6) is 0.942. The summed E-state index contributed by atoms with van der Waals surface area (Å²) in [6.07, 6.45) is 3.40. The molecule has 2 N–H and O–H groups in total. The van der Waals surface area contributed by atoms with Gasteiger partial charge in [-0.15, -0.1) is 11.3 Å². The summed E-state index contributed by atoms with van der Waals surface area (Å²) in [7, 11) is 1.63. The molecule has 3 aromatic rings. The standard InChI is InChI=1S/C21H24N4O3S/c1-13(26)23-19(20-22-8-11-29-20)14-6-9-25(10-7-14)21(27)17-12-15-16(24-17)4-3-5-18(15)28-2/h3-5,8,11-12,14,19,24H,6-7,9-10H2,1-2H3,(H,23,26). The summed E-state index contributed by atoms with van der Waals surface area (Å²) in [6.45, 7) is 2.83. The number of likely N-dealkylation sites (tertiary alicyclic amines) is 1. The SMILES string of the molecule is COc1cccc2[nH]c(C(=O)N3CCC(C(NC(C)=O)c4nccs4)CC3)cc12. The monoisotopic (exact) mass is 412 g/mol. The number of aromatic nitrogens is 2. The van der Waals surface area contributed by atoms with Gasteiger partial charge in [-0.25, -0.2) is 4.98 Å². The Bertz CT molecular complexity index is 1010. The minimum atomic E-state index is -0.0953. The number of methoxy groups -OCH3 is 1. The van der Waals surface area contributed by atoms with Crippen LogP contribution in [0.3, 0.4) is 0 Å². The van der Waals surface area contributed by atoms with Crippen LogP contribution in [0.15, 0.2) is 35.8 Å². The van der Waals surface area contributed by atoms with Crippen LogP contribution < -0.4 is 10.1 Å². The summed E-state index contributed by atoms with van der Waals surface area (Å²) in [4.78, 5) is 34.2. The van der Waals surface area contributed by atoms with Crippen molar-refractivity contribution in [2.45, 2.75) is 25.8 Å². The Morgan fingerprint density at radius 1 is 1.34 bits per heavy atom. The largest absolute Gasteiger partial charge is 0.496 e. The maximum absolute atomic E-state index is 13.0. The van der Waals surface area contributed by atoms with Crippen LogP contribution in [0, 0.1) is 5.92 Å². The number of carbonyl (C=O) groups is 2. The molecule has 0 aliphatic carbocycles. The van der Waals surface area contributed by atoms with Crippen molar-refractivity contribution in [2.75, 3.05) is 20.2 Å². The highest BCUT2D eigenvalue weighted by Gasteiger charge is 2.32. The lowest BCUT2D eigenvalue weighted by molar-refractivity contribution is -0.120. The van der Waals surface area contributed by atoms with Crippen LogP contribution in [0.25, 0.3) is 10.9 Å². The molecule has 1 aromatic carbocycles. The Hall–Kier alpha value is -2.87. The van der Waals surface area contributed by atoms with Crippen LogP contribution in [0.4, 0.5) is 0 Å². The molecule has 1 saturated heterocycles. The summed E-state index contributed by atoms with van der Waals surface area (Å²) >= 11 is 1.55. The second kappa shape index (κ2) is 8.24. The quantitative estimate of drug-likeness (QED) is 0.673. The van der Waals surface area contributed by atoms with Gasteiger partial charge in [0.05, 0.1) is 13.2 Å². The fourth-order valence-corrected chi connectivity index (χ4v) is 4.80. The molecule has 1 aliphatic heterocycles. The molecule has 0 spiro atoms. The molecule has 2 amide bonds. The Labute approximate surface area is 173 Å². The first-order valence-corrected chi connectivity index (χ1v) is 10.6. The number of ether oxygens (including phenoxy) is 1. The van der Waals surface area contributed by atoms with Crippen molar-refractivity contribution in [2.24, 2.45) is 5.92 Å². The number of aromatic amines is 1. The van der Waals surface area contributed by atoms with Gasteiger partial charge in [-0.1, -0.05) is 6.07 Å². The molecule has 3 heterocycles. The van der Waals surface area contributed by atoms with Crippen molar-refractivity contribution in [1.82, 2.24) is 20.2 Å². The number of fused-ring (bicyclic) bond motifs is 1. The smallest absolute Gasteiger partial charge is 0.270 e. The van der Waals surface area contributed by atoms with Gasteiger partial charge in [0.25, 0.3) is 5.91 Å². The van der Waals surface area contributed by atoms with Crippen LogP contribution in [-0.2, 0) is 4.79 Å². The first-order valence-electron chi connectivity index (χ1n) is 9.68. The number of hydrogen-bond donors (Lipinski definition) is 2. The first-order chi connectivity index (χ1) is 14.1. The number of H-pyrrole nitrogens is 1. The lowest BCUT2D eigenvalue weighted by Crippen LogP contribution is -2.42. The summed E-state index contributed by atoms with van der Waals surface area (Å²) in [5, 5.41) is 6.80. The molecule has 7 nitrogen and oxygen atoms in total. The fourth-order valence-electron chi connectivity index (χ4n) is 4.02. The van der Waals surface area contributed by atoms with Gasteiger partial charge in [-0.3, -0.25) is 9.59 Å². The molecule has 152 valence electrons. The Kier molecular flexibility index (Phi) is 5.53. The van der Waals surface area contributed by atoms with Crippen LogP contribution in [0.1, 0.15) is 41.3 Å². The third kappa shape index (κ3) is 3.98.